The molecule has 21 nitrogen and oxygen atoms in total. The van der Waals surface area contributed by atoms with E-state index in [1.165, 1.54) is 7.11 Å². The predicted molar refractivity (Wildman–Crippen MR) is 306 cm³/mol. The third kappa shape index (κ3) is 23.2. The number of Topliss-reactive ketones (excluding diaryl/α,β-unsaturated/α-hetero) is 1. The second kappa shape index (κ2) is 37.4. The molecular formula is C60H102N4O17. The maximum Gasteiger partial charge on any atom is 0.329 e. The van der Waals surface area contributed by atoms with Crippen LogP contribution in [0.15, 0.2) is 53.3 Å². The lowest BCUT2D eigenvalue weighted by molar-refractivity contribution is -0.265. The zero-order chi connectivity index (χ0) is 60.2. The van der Waals surface area contributed by atoms with E-state index in [2.05, 4.69) is 17.1 Å². The monoisotopic (exact) mass is 1150 g/mol. The third-order valence-corrected chi connectivity index (χ3v) is 16.0. The molecule has 1 saturated carbocycles. The van der Waals surface area contributed by atoms with Crippen LogP contribution in [0.2, 0.25) is 0 Å². The molecule has 2 amide bonds. The molecule has 0 aromatic rings. The predicted octanol–water partition coefficient (Wildman–Crippen LogP) is 4.64. The first-order chi connectivity index (χ1) is 38.6. The second-order valence-electron chi connectivity index (χ2n) is 22.4. The van der Waals surface area contributed by atoms with Crippen LogP contribution in [0.25, 0.3) is 0 Å². The maximum absolute atomic E-state index is 14.5. The first-order valence-corrected chi connectivity index (χ1v) is 29.4. The summed E-state index contributed by atoms with van der Waals surface area (Å²) in [4.78, 5) is 62.3. The van der Waals surface area contributed by atoms with Gasteiger partial charge in [0.2, 0.25) is 5.79 Å². The summed E-state index contributed by atoms with van der Waals surface area (Å²) in [5, 5.41) is 64.5. The zero-order valence-corrected chi connectivity index (χ0v) is 50.2. The number of ketones is 1. The summed E-state index contributed by atoms with van der Waals surface area (Å²) in [6, 6.07) is -2.05. The summed E-state index contributed by atoms with van der Waals surface area (Å²) in [7, 11) is 3.11. The van der Waals surface area contributed by atoms with Crippen LogP contribution in [-0.4, -0.2) is 200 Å². The van der Waals surface area contributed by atoms with Gasteiger partial charge in [0.1, 0.15) is 24.4 Å². The molecule has 0 unspecified atom stereocenters. The first kappa shape index (κ1) is 71.3. The lowest BCUT2D eigenvalue weighted by Crippen LogP contribution is -2.61. The van der Waals surface area contributed by atoms with Gasteiger partial charge in [-0.15, -0.1) is 6.58 Å². The number of rotatable bonds is 37. The largest absolute Gasteiger partial charge is 0.459 e. The van der Waals surface area contributed by atoms with Crippen LogP contribution < -0.4 is 11.1 Å². The summed E-state index contributed by atoms with van der Waals surface area (Å²) < 4.78 is 39.8. The third-order valence-electron chi connectivity index (χ3n) is 16.0. The Kier molecular flexibility index (Phi) is 32.9. The summed E-state index contributed by atoms with van der Waals surface area (Å²) in [5.74, 6) is -7.89. The van der Waals surface area contributed by atoms with Gasteiger partial charge in [-0.2, -0.15) is 0 Å². The first-order valence-electron chi connectivity index (χ1n) is 29.4. The van der Waals surface area contributed by atoms with Gasteiger partial charge in [0, 0.05) is 70.6 Å². The molecule has 16 atom stereocenters. The molecule has 1 aliphatic carbocycles. The molecule has 2 heterocycles. The fourth-order valence-electron chi connectivity index (χ4n) is 10.8. The second-order valence-corrected chi connectivity index (χ2v) is 22.4. The number of aliphatic hydroxyl groups excluding tert-OH is 4. The van der Waals surface area contributed by atoms with Crippen molar-refractivity contribution in [3.63, 3.8) is 0 Å². The summed E-state index contributed by atoms with van der Waals surface area (Å²) in [6.07, 6.45) is 6.26. The van der Waals surface area contributed by atoms with Crippen molar-refractivity contribution in [3.05, 3.63) is 48.1 Å². The molecule has 0 aromatic carbocycles. The number of nitrogens with two attached hydrogens (primary N) is 1. The summed E-state index contributed by atoms with van der Waals surface area (Å²) in [5.41, 5.74) is 8.24. The van der Waals surface area contributed by atoms with E-state index in [4.69, 9.17) is 43.7 Å². The standard InChI is InChI=1S/C60H102N4O17/c1-12-15-18-39(5)50(74-10)35-45-22-20-43(9)60(73,81-45)57(70)58(71)64-25-17-16-19-47(64)59(72)80-51(46(61)33-44-21-23-48(65)52(34-44)75-11)36-49(66)40(6)32-42(8)55(68)56(69)54(41(7)31-38(4)13-2)63-79-37-53(67)62-24-26-77-29-30-78-28-27-76-14-3/h12-13,15,18,32,38,40-41,43-52,55-56,65-66,68-69,73H,2,14,16-17,19-31,33-37,61H2,1,3-11H3,(H,62,67)/b15-12+,39-18+,42-32+,63-54+/t38-,40-,41-,43-,44+,45+,46-,47+,48-,49-,50+,51+,52-,55-,56+,60-/m1/s1. The van der Waals surface area contributed by atoms with Gasteiger partial charge in [-0.3, -0.25) is 14.4 Å². The van der Waals surface area contributed by atoms with Crippen molar-refractivity contribution in [1.29, 1.82) is 0 Å². The molecule has 3 rings (SSSR count). The highest BCUT2D eigenvalue weighted by molar-refractivity contribution is 6.39. The Balaban J connectivity index is 1.80. The smallest absolute Gasteiger partial charge is 0.329 e. The summed E-state index contributed by atoms with van der Waals surface area (Å²) >= 11 is 0. The van der Waals surface area contributed by atoms with Crippen molar-refractivity contribution in [2.45, 2.75) is 199 Å². The lowest BCUT2D eigenvalue weighted by atomic mass is 9.80. The molecule has 21 heteroatoms. The van der Waals surface area contributed by atoms with Gasteiger partial charge >= 0.3 is 5.97 Å². The molecule has 0 radical (unpaired) electrons. The number of oxime groups is 1. The molecule has 3 fully saturated rings. The number of nitrogens with one attached hydrogen (secondary N) is 1. The Hall–Kier alpha value is -3.97. The van der Waals surface area contributed by atoms with Gasteiger partial charge in [-0.25, -0.2) is 4.79 Å². The molecule has 0 aromatic heterocycles. The van der Waals surface area contributed by atoms with Gasteiger partial charge in [-0.05, 0) is 115 Å². The Labute approximate surface area is 482 Å². The van der Waals surface area contributed by atoms with E-state index in [-0.39, 0.29) is 61.8 Å². The number of amides is 2. The van der Waals surface area contributed by atoms with E-state index in [1.54, 1.807) is 40.0 Å². The van der Waals surface area contributed by atoms with Crippen molar-refractivity contribution in [2.24, 2.45) is 40.5 Å². The number of carbonyl (C=O) groups excluding carboxylic acids is 4. The molecule has 0 spiro atoms. The number of methoxy groups -OCH3 is 2. The zero-order valence-electron chi connectivity index (χ0n) is 50.2. The Morgan fingerprint density at radius 3 is 2.26 bits per heavy atom. The average molecular weight is 1150 g/mol. The van der Waals surface area contributed by atoms with Crippen LogP contribution >= 0.6 is 0 Å². The van der Waals surface area contributed by atoms with E-state index >= 15 is 0 Å². The fourth-order valence-corrected chi connectivity index (χ4v) is 10.8. The number of aliphatic hydroxyl groups is 5. The van der Waals surface area contributed by atoms with Gasteiger partial charge in [0.15, 0.2) is 6.61 Å². The minimum absolute atomic E-state index is 0.00459. The van der Waals surface area contributed by atoms with Crippen LogP contribution in [0.5, 0.6) is 0 Å². The van der Waals surface area contributed by atoms with Crippen LogP contribution in [0.4, 0.5) is 0 Å². The molecule has 0 bridgehead atoms. The highest BCUT2D eigenvalue weighted by atomic mass is 16.6. The van der Waals surface area contributed by atoms with Crippen LogP contribution in [0.1, 0.15) is 132 Å². The molecule has 8 N–H and O–H groups in total. The molecule has 2 aliphatic heterocycles. The van der Waals surface area contributed by atoms with E-state index in [9.17, 15) is 44.7 Å². The van der Waals surface area contributed by atoms with E-state index in [1.807, 2.05) is 52.8 Å². The number of piperidine rings is 1. The highest BCUT2D eigenvalue weighted by Crippen LogP contribution is 2.37. The number of hydrogen-bond acceptors (Lipinski definition) is 19. The molecule has 3 aliphatic rings. The number of nitrogens with zero attached hydrogens (tertiary/aromatic N) is 2. The number of hydrogen-bond donors (Lipinski definition) is 7. The number of esters is 1. The lowest BCUT2D eigenvalue weighted by Gasteiger charge is -2.42. The van der Waals surface area contributed by atoms with Crippen molar-refractivity contribution in [3.8, 4) is 0 Å². The Morgan fingerprint density at radius 2 is 1.60 bits per heavy atom. The maximum atomic E-state index is 14.5. The molecule has 464 valence electrons. The van der Waals surface area contributed by atoms with E-state index in [0.29, 0.717) is 97.2 Å². The van der Waals surface area contributed by atoms with Gasteiger partial charge in [0.05, 0.1) is 69.3 Å². The topological polar surface area (TPSA) is 297 Å². The normalized spacial score (nSPS) is 26.6. The molecule has 2 saturated heterocycles. The summed E-state index contributed by atoms with van der Waals surface area (Å²) in [6.45, 7) is 20.6. The van der Waals surface area contributed by atoms with Crippen molar-refractivity contribution in [1.82, 2.24) is 10.2 Å². The average Bonchev–Trinajstić information content (AvgIpc) is 3.49. The van der Waals surface area contributed by atoms with Crippen molar-refractivity contribution < 1.29 is 82.7 Å². The van der Waals surface area contributed by atoms with Crippen molar-refractivity contribution >= 4 is 29.3 Å². The van der Waals surface area contributed by atoms with Crippen LogP contribution in [0.3, 0.4) is 0 Å². The van der Waals surface area contributed by atoms with Gasteiger partial charge in [0.25, 0.3) is 17.6 Å². The number of carbonyl (C=O) groups is 4. The molecular weight excluding hydrogens is 1050 g/mol. The van der Waals surface area contributed by atoms with Crippen LogP contribution in [-0.2, 0) is 57.2 Å². The number of allylic oxidation sites excluding steroid dienone is 4. The Bertz CT molecular complexity index is 2040. The van der Waals surface area contributed by atoms with Crippen LogP contribution in [0, 0.1) is 29.6 Å². The number of likely N-dealkylation sites (tertiary alicyclic amines) is 1. The minimum atomic E-state index is -2.46. The molecule has 81 heavy (non-hydrogen) atoms. The SMILES string of the molecule is C=C[C@@H](C)C[C@@H](C)/C(=N\OCC(=O)NCCOCCOCCOCC)[C@H](O)[C@H](O)/C(C)=C/[C@@H](C)[C@H](O)C[C@H](OC(=O)[C@@H]1CCCCN1C(=O)C(=O)[C@]1(O)O[C@H](C[C@H](OC)/C(C)=C/C=C/C)CC[C@H]1C)[C@H](N)C[C@@H]1CC[C@@H](O)[C@H](OC)C1. The van der Waals surface area contributed by atoms with E-state index < -0.39 is 109 Å². The minimum Gasteiger partial charge on any atom is -0.459 e. The fraction of sp³-hybridized carbons (Fsp3) is 0.783. The van der Waals surface area contributed by atoms with Gasteiger partial charge < -0.3 is 79.5 Å². The quantitative estimate of drug-likeness (QED) is 0.00848. The van der Waals surface area contributed by atoms with Crippen molar-refractivity contribution in [2.75, 3.05) is 73.6 Å². The van der Waals surface area contributed by atoms with Gasteiger partial charge in [-0.1, -0.05) is 63.2 Å². The Morgan fingerprint density at radius 1 is 0.914 bits per heavy atom. The highest BCUT2D eigenvalue weighted by Gasteiger charge is 2.53. The number of ether oxygens (including phenoxy) is 7. The van der Waals surface area contributed by atoms with E-state index in [0.717, 1.165) is 10.5 Å².